The third-order valence-electron chi connectivity index (χ3n) is 3.25. The van der Waals surface area contributed by atoms with Gasteiger partial charge >= 0.3 is 6.18 Å². The highest BCUT2D eigenvalue weighted by molar-refractivity contribution is 6.17. The monoisotopic (exact) mass is 278 g/mol. The van der Waals surface area contributed by atoms with Crippen LogP contribution in [-0.4, -0.2) is 24.2 Å². The molecule has 0 aromatic carbocycles. The maximum atomic E-state index is 12.5. The van der Waals surface area contributed by atoms with Crippen LogP contribution in [0.2, 0.25) is 0 Å². The SMILES string of the molecule is FC(F)(F)C1CCN(c2ccc(CCl)cn2)CC1. The van der Waals surface area contributed by atoms with E-state index in [1.807, 2.05) is 17.0 Å². The highest BCUT2D eigenvalue weighted by atomic mass is 35.5. The number of piperidine rings is 1. The topological polar surface area (TPSA) is 16.1 Å². The smallest absolute Gasteiger partial charge is 0.357 e. The van der Waals surface area contributed by atoms with Gasteiger partial charge in [-0.15, -0.1) is 11.6 Å². The lowest BCUT2D eigenvalue weighted by Gasteiger charge is -2.33. The molecule has 0 aliphatic carbocycles. The Hall–Kier alpha value is -0.970. The van der Waals surface area contributed by atoms with Crippen molar-refractivity contribution in [3.8, 4) is 0 Å². The minimum atomic E-state index is -4.07. The predicted molar refractivity (Wildman–Crippen MR) is 64.8 cm³/mol. The van der Waals surface area contributed by atoms with E-state index in [1.165, 1.54) is 0 Å². The van der Waals surface area contributed by atoms with Gasteiger partial charge in [-0.3, -0.25) is 0 Å². The van der Waals surface area contributed by atoms with Crippen molar-refractivity contribution in [2.24, 2.45) is 5.92 Å². The van der Waals surface area contributed by atoms with E-state index in [1.54, 1.807) is 6.20 Å². The number of hydrogen-bond acceptors (Lipinski definition) is 2. The van der Waals surface area contributed by atoms with E-state index in [0.29, 0.717) is 19.0 Å². The first kappa shape index (κ1) is 13.5. The van der Waals surface area contributed by atoms with Gasteiger partial charge in [-0.2, -0.15) is 13.2 Å². The molecule has 0 saturated carbocycles. The van der Waals surface area contributed by atoms with Crippen molar-refractivity contribution < 1.29 is 13.2 Å². The standard InChI is InChI=1S/C12H14ClF3N2/c13-7-9-1-2-11(17-8-9)18-5-3-10(4-6-18)12(14,15)16/h1-2,8,10H,3-7H2. The number of nitrogens with zero attached hydrogens (tertiary/aromatic N) is 2. The minimum absolute atomic E-state index is 0.141. The van der Waals surface area contributed by atoms with Gasteiger partial charge in [0.2, 0.25) is 0 Å². The lowest BCUT2D eigenvalue weighted by atomic mass is 9.96. The van der Waals surface area contributed by atoms with Crippen LogP contribution in [0.1, 0.15) is 18.4 Å². The normalized spacial score (nSPS) is 18.1. The van der Waals surface area contributed by atoms with Crippen LogP contribution >= 0.6 is 11.6 Å². The lowest BCUT2D eigenvalue weighted by molar-refractivity contribution is -0.179. The van der Waals surface area contributed by atoms with E-state index >= 15 is 0 Å². The summed E-state index contributed by atoms with van der Waals surface area (Å²) < 4.78 is 37.6. The second-order valence-corrected chi connectivity index (χ2v) is 4.73. The van der Waals surface area contributed by atoms with E-state index in [4.69, 9.17) is 11.6 Å². The zero-order valence-electron chi connectivity index (χ0n) is 9.75. The van der Waals surface area contributed by atoms with Crippen LogP contribution in [0.25, 0.3) is 0 Å². The number of rotatable bonds is 2. The first-order chi connectivity index (χ1) is 8.50. The van der Waals surface area contributed by atoms with E-state index < -0.39 is 12.1 Å². The Kier molecular flexibility index (Phi) is 4.00. The van der Waals surface area contributed by atoms with Gasteiger partial charge in [-0.25, -0.2) is 4.98 Å². The van der Waals surface area contributed by atoms with Gasteiger partial charge in [0.1, 0.15) is 5.82 Å². The van der Waals surface area contributed by atoms with Crippen LogP contribution in [0.15, 0.2) is 18.3 Å². The van der Waals surface area contributed by atoms with Crippen molar-refractivity contribution in [3.63, 3.8) is 0 Å². The van der Waals surface area contributed by atoms with Crippen molar-refractivity contribution in [2.75, 3.05) is 18.0 Å². The third-order valence-corrected chi connectivity index (χ3v) is 3.55. The highest BCUT2D eigenvalue weighted by Gasteiger charge is 2.41. The van der Waals surface area contributed by atoms with Crippen LogP contribution in [0, 0.1) is 5.92 Å². The summed E-state index contributed by atoms with van der Waals surface area (Å²) in [5.41, 5.74) is 0.908. The second kappa shape index (κ2) is 5.34. The quantitative estimate of drug-likeness (QED) is 0.769. The zero-order valence-corrected chi connectivity index (χ0v) is 10.5. The summed E-state index contributed by atoms with van der Waals surface area (Å²) in [7, 11) is 0. The predicted octanol–water partition coefficient (Wildman–Crippen LogP) is 3.60. The number of anilines is 1. The summed E-state index contributed by atoms with van der Waals surface area (Å²) in [4.78, 5) is 6.11. The maximum Gasteiger partial charge on any atom is 0.391 e. The molecular weight excluding hydrogens is 265 g/mol. The Morgan fingerprint density at radius 2 is 1.94 bits per heavy atom. The summed E-state index contributed by atoms with van der Waals surface area (Å²) in [5.74, 6) is -0.0518. The van der Waals surface area contributed by atoms with Gasteiger partial charge in [0.15, 0.2) is 0 Å². The van der Waals surface area contributed by atoms with Gasteiger partial charge in [0, 0.05) is 25.2 Å². The molecule has 0 amide bonds. The van der Waals surface area contributed by atoms with Gasteiger partial charge in [-0.05, 0) is 24.5 Å². The summed E-state index contributed by atoms with van der Waals surface area (Å²) >= 11 is 5.66. The van der Waals surface area contributed by atoms with E-state index in [0.717, 1.165) is 11.4 Å². The largest absolute Gasteiger partial charge is 0.391 e. The molecule has 0 bridgehead atoms. The molecule has 1 aliphatic heterocycles. The van der Waals surface area contributed by atoms with Gasteiger partial charge in [0.25, 0.3) is 0 Å². The first-order valence-corrected chi connectivity index (χ1v) is 6.36. The van der Waals surface area contributed by atoms with Crippen LogP contribution in [0.5, 0.6) is 0 Å². The number of alkyl halides is 4. The van der Waals surface area contributed by atoms with Crippen LogP contribution in [0.4, 0.5) is 19.0 Å². The van der Waals surface area contributed by atoms with Crippen LogP contribution in [0.3, 0.4) is 0 Å². The molecule has 0 N–H and O–H groups in total. The summed E-state index contributed by atoms with van der Waals surface area (Å²) in [6.07, 6.45) is -2.12. The number of hydrogen-bond donors (Lipinski definition) is 0. The molecule has 2 rings (SSSR count). The molecule has 18 heavy (non-hydrogen) atoms. The van der Waals surface area contributed by atoms with E-state index in [-0.39, 0.29) is 12.8 Å². The number of halogens is 4. The molecule has 1 aliphatic rings. The fraction of sp³-hybridized carbons (Fsp3) is 0.583. The maximum absolute atomic E-state index is 12.5. The molecular formula is C12H14ClF3N2. The Balaban J connectivity index is 1.96. The highest BCUT2D eigenvalue weighted by Crippen LogP contribution is 2.34. The Morgan fingerprint density at radius 1 is 1.28 bits per heavy atom. The molecule has 6 heteroatoms. The molecule has 0 radical (unpaired) electrons. The second-order valence-electron chi connectivity index (χ2n) is 4.46. The van der Waals surface area contributed by atoms with Gasteiger partial charge < -0.3 is 4.90 Å². The van der Waals surface area contributed by atoms with Crippen molar-refractivity contribution >= 4 is 17.4 Å². The van der Waals surface area contributed by atoms with Crippen molar-refractivity contribution in [1.29, 1.82) is 0 Å². The third kappa shape index (κ3) is 3.07. The van der Waals surface area contributed by atoms with Crippen molar-refractivity contribution in [2.45, 2.75) is 24.9 Å². The number of pyridine rings is 1. The molecule has 100 valence electrons. The first-order valence-electron chi connectivity index (χ1n) is 5.83. The molecule has 1 aromatic rings. The molecule has 1 saturated heterocycles. The Labute approximate surface area is 109 Å². The fourth-order valence-corrected chi connectivity index (χ4v) is 2.28. The molecule has 0 unspecified atom stereocenters. The van der Waals surface area contributed by atoms with E-state index in [9.17, 15) is 13.2 Å². The van der Waals surface area contributed by atoms with Gasteiger partial charge in [-0.1, -0.05) is 6.07 Å². The fourth-order valence-electron chi connectivity index (χ4n) is 2.12. The number of aromatic nitrogens is 1. The Morgan fingerprint density at radius 3 is 2.39 bits per heavy atom. The van der Waals surface area contributed by atoms with Crippen molar-refractivity contribution in [3.05, 3.63) is 23.9 Å². The molecule has 2 heterocycles. The average Bonchev–Trinajstić information content (AvgIpc) is 2.38. The van der Waals surface area contributed by atoms with Gasteiger partial charge in [0.05, 0.1) is 5.92 Å². The minimum Gasteiger partial charge on any atom is -0.357 e. The summed E-state index contributed by atoms with van der Waals surface area (Å²) in [6, 6.07) is 3.66. The molecule has 2 nitrogen and oxygen atoms in total. The van der Waals surface area contributed by atoms with E-state index in [2.05, 4.69) is 4.98 Å². The molecule has 0 spiro atoms. The molecule has 0 atom stereocenters. The zero-order chi connectivity index (χ0) is 13.2. The molecule has 1 aromatic heterocycles. The Bertz CT molecular complexity index is 383. The van der Waals surface area contributed by atoms with Crippen LogP contribution < -0.4 is 4.90 Å². The summed E-state index contributed by atoms with van der Waals surface area (Å²) in [5, 5.41) is 0. The summed E-state index contributed by atoms with van der Waals surface area (Å²) in [6.45, 7) is 0.800. The van der Waals surface area contributed by atoms with Crippen LogP contribution in [-0.2, 0) is 5.88 Å². The van der Waals surface area contributed by atoms with Crippen molar-refractivity contribution in [1.82, 2.24) is 4.98 Å². The molecule has 1 fully saturated rings. The average molecular weight is 279 g/mol. The lowest BCUT2D eigenvalue weighted by Crippen LogP contribution is -2.39.